The van der Waals surface area contributed by atoms with Crippen molar-refractivity contribution >= 4 is 46.5 Å². The highest BCUT2D eigenvalue weighted by molar-refractivity contribution is 6.44. The second kappa shape index (κ2) is 8.74. The number of esters is 1. The average molecular weight is 381 g/mol. The number of ether oxygens (including phenoxy) is 1. The summed E-state index contributed by atoms with van der Waals surface area (Å²) in [5.41, 5.74) is 1.73. The molecule has 0 fully saturated rings. The minimum atomic E-state index is -0.457. The van der Waals surface area contributed by atoms with Crippen LogP contribution in [0.4, 0.5) is 11.4 Å². The van der Waals surface area contributed by atoms with Crippen LogP contribution in [0.5, 0.6) is 0 Å². The Hall–Kier alpha value is -2.24. The summed E-state index contributed by atoms with van der Waals surface area (Å²) in [5.74, 6) is -0.880. The fraction of sp³-hybridized carbons (Fsp3) is 0.222. The van der Waals surface area contributed by atoms with Gasteiger partial charge in [0.2, 0.25) is 0 Å². The Balaban J connectivity index is 2.35. The van der Waals surface area contributed by atoms with E-state index in [1.54, 1.807) is 43.3 Å². The molecule has 0 bridgehead atoms. The number of benzene rings is 2. The summed E-state index contributed by atoms with van der Waals surface area (Å²) in [7, 11) is 0. The molecule has 0 spiro atoms. The van der Waals surface area contributed by atoms with Crippen LogP contribution in [0.25, 0.3) is 0 Å². The predicted molar refractivity (Wildman–Crippen MR) is 101 cm³/mol. The molecule has 0 aliphatic carbocycles. The van der Waals surface area contributed by atoms with Crippen LogP contribution in [0.2, 0.25) is 10.0 Å². The smallest absolute Gasteiger partial charge is 0.338 e. The van der Waals surface area contributed by atoms with Gasteiger partial charge in [-0.25, -0.2) is 4.79 Å². The Morgan fingerprint density at radius 1 is 1.08 bits per heavy atom. The van der Waals surface area contributed by atoms with E-state index in [0.29, 0.717) is 28.5 Å². The van der Waals surface area contributed by atoms with Crippen LogP contribution in [0, 0.1) is 0 Å². The standard InChI is InChI=1S/C18H18Cl2N2O3/c1-3-21-14-9-8-11(18(24)25-4-2)10-15(14)22-17(23)12-6-5-7-13(19)16(12)20/h5-10,21H,3-4H2,1-2H3,(H,22,23). The van der Waals surface area contributed by atoms with E-state index >= 15 is 0 Å². The Morgan fingerprint density at radius 2 is 1.84 bits per heavy atom. The fourth-order valence-electron chi connectivity index (χ4n) is 2.20. The van der Waals surface area contributed by atoms with Gasteiger partial charge >= 0.3 is 5.97 Å². The normalized spacial score (nSPS) is 10.2. The lowest BCUT2D eigenvalue weighted by Gasteiger charge is -2.14. The van der Waals surface area contributed by atoms with Gasteiger partial charge in [0, 0.05) is 6.54 Å². The van der Waals surface area contributed by atoms with E-state index in [1.807, 2.05) is 6.92 Å². The molecule has 0 radical (unpaired) electrons. The van der Waals surface area contributed by atoms with Crippen molar-refractivity contribution in [2.24, 2.45) is 0 Å². The summed E-state index contributed by atoms with van der Waals surface area (Å²) in [6, 6.07) is 9.73. The van der Waals surface area contributed by atoms with E-state index in [9.17, 15) is 9.59 Å². The molecule has 0 aliphatic rings. The molecule has 0 saturated heterocycles. The molecule has 7 heteroatoms. The molecule has 0 aliphatic heterocycles. The number of nitrogens with one attached hydrogen (secondary N) is 2. The number of carbonyl (C=O) groups excluding carboxylic acids is 2. The van der Waals surface area contributed by atoms with Crippen LogP contribution in [-0.4, -0.2) is 25.0 Å². The summed E-state index contributed by atoms with van der Waals surface area (Å²) in [6.45, 7) is 4.58. The first kappa shape index (κ1) is 19.1. The second-order valence-corrected chi connectivity index (χ2v) is 5.85. The van der Waals surface area contributed by atoms with E-state index in [1.165, 1.54) is 0 Å². The zero-order chi connectivity index (χ0) is 18.4. The highest BCUT2D eigenvalue weighted by atomic mass is 35.5. The summed E-state index contributed by atoms with van der Waals surface area (Å²) in [4.78, 5) is 24.5. The van der Waals surface area contributed by atoms with Gasteiger partial charge in [0.05, 0.1) is 39.2 Å². The molecule has 2 aromatic rings. The lowest BCUT2D eigenvalue weighted by Crippen LogP contribution is -2.15. The van der Waals surface area contributed by atoms with Gasteiger partial charge in [0.25, 0.3) is 5.91 Å². The van der Waals surface area contributed by atoms with Crippen molar-refractivity contribution in [3.8, 4) is 0 Å². The van der Waals surface area contributed by atoms with Crippen molar-refractivity contribution in [1.82, 2.24) is 0 Å². The molecule has 0 unspecified atom stereocenters. The highest BCUT2D eigenvalue weighted by Gasteiger charge is 2.16. The van der Waals surface area contributed by atoms with Crippen LogP contribution in [0.3, 0.4) is 0 Å². The largest absolute Gasteiger partial charge is 0.462 e. The van der Waals surface area contributed by atoms with E-state index in [4.69, 9.17) is 27.9 Å². The Kier molecular flexibility index (Phi) is 6.67. The van der Waals surface area contributed by atoms with Gasteiger partial charge in [-0.1, -0.05) is 29.3 Å². The van der Waals surface area contributed by atoms with E-state index in [-0.39, 0.29) is 17.2 Å². The average Bonchev–Trinajstić information content (AvgIpc) is 2.59. The Morgan fingerprint density at radius 3 is 2.52 bits per heavy atom. The minimum absolute atomic E-state index is 0.174. The molecule has 5 nitrogen and oxygen atoms in total. The number of carbonyl (C=O) groups is 2. The number of hydrogen-bond donors (Lipinski definition) is 2. The number of anilines is 2. The number of rotatable bonds is 6. The topological polar surface area (TPSA) is 67.4 Å². The maximum absolute atomic E-state index is 12.6. The molecular formula is C18H18Cl2N2O3. The maximum atomic E-state index is 12.6. The van der Waals surface area contributed by atoms with Crippen molar-refractivity contribution in [1.29, 1.82) is 0 Å². The maximum Gasteiger partial charge on any atom is 0.338 e. The van der Waals surface area contributed by atoms with Gasteiger partial charge in [-0.15, -0.1) is 0 Å². The first-order valence-electron chi connectivity index (χ1n) is 7.78. The van der Waals surface area contributed by atoms with E-state index in [2.05, 4.69) is 10.6 Å². The van der Waals surface area contributed by atoms with Gasteiger partial charge < -0.3 is 15.4 Å². The van der Waals surface area contributed by atoms with Crippen molar-refractivity contribution in [3.63, 3.8) is 0 Å². The minimum Gasteiger partial charge on any atom is -0.462 e. The van der Waals surface area contributed by atoms with E-state index in [0.717, 1.165) is 0 Å². The first-order chi connectivity index (χ1) is 12.0. The molecular weight excluding hydrogens is 363 g/mol. The fourth-order valence-corrected chi connectivity index (χ4v) is 2.59. The number of hydrogen-bond acceptors (Lipinski definition) is 4. The monoisotopic (exact) mass is 380 g/mol. The third-order valence-electron chi connectivity index (χ3n) is 3.34. The van der Waals surface area contributed by atoms with Crippen molar-refractivity contribution < 1.29 is 14.3 Å². The summed E-state index contributed by atoms with van der Waals surface area (Å²) in [6.07, 6.45) is 0. The summed E-state index contributed by atoms with van der Waals surface area (Å²) in [5, 5.41) is 6.36. The third-order valence-corrected chi connectivity index (χ3v) is 4.16. The molecule has 0 aromatic heterocycles. The molecule has 0 atom stereocenters. The van der Waals surface area contributed by atoms with Crippen LogP contribution in [-0.2, 0) is 4.74 Å². The first-order valence-corrected chi connectivity index (χ1v) is 8.53. The van der Waals surface area contributed by atoms with Crippen molar-refractivity contribution in [3.05, 3.63) is 57.6 Å². The quantitative estimate of drug-likeness (QED) is 0.702. The van der Waals surface area contributed by atoms with Gasteiger partial charge in [0.1, 0.15) is 0 Å². The second-order valence-electron chi connectivity index (χ2n) is 5.07. The zero-order valence-electron chi connectivity index (χ0n) is 13.9. The molecule has 2 N–H and O–H groups in total. The van der Waals surface area contributed by atoms with Gasteiger partial charge in [0.15, 0.2) is 0 Å². The number of halogens is 2. The van der Waals surface area contributed by atoms with E-state index < -0.39 is 11.9 Å². The molecule has 2 aromatic carbocycles. The summed E-state index contributed by atoms with van der Waals surface area (Å²) < 4.78 is 5.00. The van der Waals surface area contributed by atoms with Crippen molar-refractivity contribution in [2.45, 2.75) is 13.8 Å². The molecule has 2 rings (SSSR count). The van der Waals surface area contributed by atoms with Crippen LogP contribution in [0.1, 0.15) is 34.6 Å². The third kappa shape index (κ3) is 4.65. The van der Waals surface area contributed by atoms with Gasteiger partial charge in [-0.05, 0) is 44.2 Å². The van der Waals surface area contributed by atoms with Crippen molar-refractivity contribution in [2.75, 3.05) is 23.8 Å². The van der Waals surface area contributed by atoms with Crippen LogP contribution in [0.15, 0.2) is 36.4 Å². The highest BCUT2D eigenvalue weighted by Crippen LogP contribution is 2.28. The lowest BCUT2D eigenvalue weighted by molar-refractivity contribution is 0.0526. The Bertz CT molecular complexity index is 794. The van der Waals surface area contributed by atoms with Crippen LogP contribution < -0.4 is 10.6 Å². The molecule has 25 heavy (non-hydrogen) atoms. The van der Waals surface area contributed by atoms with Crippen LogP contribution >= 0.6 is 23.2 Å². The van der Waals surface area contributed by atoms with Gasteiger partial charge in [-0.3, -0.25) is 4.79 Å². The molecule has 132 valence electrons. The predicted octanol–water partition coefficient (Wildman–Crippen LogP) is 4.85. The summed E-state index contributed by atoms with van der Waals surface area (Å²) >= 11 is 12.1. The number of amides is 1. The zero-order valence-corrected chi connectivity index (χ0v) is 15.4. The van der Waals surface area contributed by atoms with Gasteiger partial charge in [-0.2, -0.15) is 0 Å². The molecule has 1 amide bonds. The Labute approximate surface area is 156 Å². The molecule has 0 saturated carbocycles. The lowest BCUT2D eigenvalue weighted by atomic mass is 10.1. The molecule has 0 heterocycles. The SMILES string of the molecule is CCNc1ccc(C(=O)OCC)cc1NC(=O)c1cccc(Cl)c1Cl.